The van der Waals surface area contributed by atoms with Crippen molar-refractivity contribution in [1.82, 2.24) is 0 Å². The van der Waals surface area contributed by atoms with Crippen LogP contribution in [0.15, 0.2) is 88.8 Å². The molecule has 0 aliphatic rings. The Morgan fingerprint density at radius 1 is 1.08 bits per heavy atom. The number of hydrogen-bond acceptors (Lipinski definition) is 2. The zero-order chi connectivity index (χ0) is 18.7. The summed E-state index contributed by atoms with van der Waals surface area (Å²) in [6.45, 7) is 14.2. The molecule has 2 nitrogen and oxygen atoms in total. The van der Waals surface area contributed by atoms with Crippen LogP contribution in [-0.4, -0.2) is 5.71 Å². The summed E-state index contributed by atoms with van der Waals surface area (Å²) < 4.78 is 6.09. The normalized spacial score (nSPS) is 12.4. The highest BCUT2D eigenvalue weighted by Crippen LogP contribution is 2.36. The van der Waals surface area contributed by atoms with Crippen LogP contribution < -0.4 is 0 Å². The van der Waals surface area contributed by atoms with E-state index in [0.29, 0.717) is 0 Å². The second-order valence-electron chi connectivity index (χ2n) is 6.19. The van der Waals surface area contributed by atoms with E-state index in [1.54, 1.807) is 0 Å². The van der Waals surface area contributed by atoms with Gasteiger partial charge in [-0.05, 0) is 38.5 Å². The van der Waals surface area contributed by atoms with Gasteiger partial charge in [0.2, 0.25) is 0 Å². The summed E-state index contributed by atoms with van der Waals surface area (Å²) in [7, 11) is 0. The number of para-hydroxylation sites is 2. The first-order valence-electron chi connectivity index (χ1n) is 8.68. The van der Waals surface area contributed by atoms with E-state index in [0.717, 1.165) is 50.4 Å². The van der Waals surface area contributed by atoms with Gasteiger partial charge in [-0.3, -0.25) is 4.99 Å². The smallest absolute Gasteiger partial charge is 0.138 e. The summed E-state index contributed by atoms with van der Waals surface area (Å²) in [5.74, 6) is 0.807. The zero-order valence-electron chi connectivity index (χ0n) is 15.5. The summed E-state index contributed by atoms with van der Waals surface area (Å²) >= 11 is 0. The number of nitrogens with zero attached hydrogens (tertiary/aromatic N) is 1. The van der Waals surface area contributed by atoms with Gasteiger partial charge in [-0.2, -0.15) is 0 Å². The molecule has 0 unspecified atom stereocenters. The molecule has 0 amide bonds. The lowest BCUT2D eigenvalue weighted by Gasteiger charge is -2.09. The van der Waals surface area contributed by atoms with E-state index in [1.165, 1.54) is 0 Å². The third kappa shape index (κ3) is 3.18. The molecule has 1 heterocycles. The Hall–Kier alpha value is -3.13. The summed E-state index contributed by atoms with van der Waals surface area (Å²) in [6, 6.07) is 16.1. The first kappa shape index (κ1) is 17.7. The van der Waals surface area contributed by atoms with Crippen LogP contribution in [0.3, 0.4) is 0 Å². The number of furan rings is 1. The molecule has 130 valence electrons. The molecule has 0 saturated heterocycles. The Balaban J connectivity index is 2.10. The average Bonchev–Trinajstić information content (AvgIpc) is 3.00. The SMILES string of the molecule is C=CC(=C\C)/C(C)=N/c1ccccc1C(=C)c1oc2ccccc2c1C. The van der Waals surface area contributed by atoms with Crippen molar-refractivity contribution in [3.8, 4) is 0 Å². The van der Waals surface area contributed by atoms with Gasteiger partial charge in [0.15, 0.2) is 0 Å². The van der Waals surface area contributed by atoms with Crippen molar-refractivity contribution in [2.45, 2.75) is 20.8 Å². The highest BCUT2D eigenvalue weighted by molar-refractivity contribution is 6.03. The minimum absolute atomic E-state index is 0.807. The van der Waals surface area contributed by atoms with E-state index in [1.807, 2.05) is 68.5 Å². The molecular formula is C24H23NO. The molecule has 3 rings (SSSR count). The maximum atomic E-state index is 6.09. The Kier molecular flexibility index (Phi) is 5.04. The fourth-order valence-corrected chi connectivity index (χ4v) is 3.13. The van der Waals surface area contributed by atoms with Gasteiger partial charge in [-0.25, -0.2) is 0 Å². The van der Waals surface area contributed by atoms with Crippen molar-refractivity contribution in [1.29, 1.82) is 0 Å². The van der Waals surface area contributed by atoms with Gasteiger partial charge in [-0.1, -0.05) is 61.7 Å². The second kappa shape index (κ2) is 7.40. The van der Waals surface area contributed by atoms with Gasteiger partial charge >= 0.3 is 0 Å². The maximum absolute atomic E-state index is 6.09. The molecule has 0 spiro atoms. The van der Waals surface area contributed by atoms with Gasteiger partial charge in [0.05, 0.1) is 5.69 Å². The molecule has 0 aliphatic carbocycles. The molecule has 3 aromatic rings. The molecule has 1 aromatic heterocycles. The van der Waals surface area contributed by atoms with E-state index in [4.69, 9.17) is 9.41 Å². The van der Waals surface area contributed by atoms with Gasteiger partial charge in [0, 0.05) is 27.8 Å². The molecule has 0 N–H and O–H groups in total. The third-order valence-corrected chi connectivity index (χ3v) is 4.58. The fourth-order valence-electron chi connectivity index (χ4n) is 3.13. The molecule has 0 aliphatic heterocycles. The van der Waals surface area contributed by atoms with Crippen LogP contribution in [0.25, 0.3) is 16.5 Å². The summed E-state index contributed by atoms with van der Waals surface area (Å²) in [5.41, 5.74) is 6.59. The van der Waals surface area contributed by atoms with Gasteiger partial charge < -0.3 is 4.42 Å². The van der Waals surface area contributed by atoms with E-state index in [9.17, 15) is 0 Å². The van der Waals surface area contributed by atoms with Crippen molar-refractivity contribution < 1.29 is 4.42 Å². The van der Waals surface area contributed by atoms with Crippen molar-refractivity contribution in [3.63, 3.8) is 0 Å². The highest BCUT2D eigenvalue weighted by Gasteiger charge is 2.16. The van der Waals surface area contributed by atoms with E-state index < -0.39 is 0 Å². The van der Waals surface area contributed by atoms with Crippen molar-refractivity contribution in [2.24, 2.45) is 4.99 Å². The number of allylic oxidation sites excluding steroid dienone is 3. The molecule has 0 bridgehead atoms. The quantitative estimate of drug-likeness (QED) is 0.361. The minimum atomic E-state index is 0.807. The monoisotopic (exact) mass is 341 g/mol. The Labute approximate surface area is 154 Å². The first-order chi connectivity index (χ1) is 12.6. The second-order valence-corrected chi connectivity index (χ2v) is 6.19. The Bertz CT molecular complexity index is 1050. The Morgan fingerprint density at radius 3 is 2.46 bits per heavy atom. The number of rotatable bonds is 5. The lowest BCUT2D eigenvalue weighted by Crippen LogP contribution is -1.95. The van der Waals surface area contributed by atoms with E-state index >= 15 is 0 Å². The molecule has 0 saturated carbocycles. The van der Waals surface area contributed by atoms with Crippen molar-refractivity contribution >= 4 is 27.9 Å². The van der Waals surface area contributed by atoms with E-state index in [2.05, 4.69) is 26.1 Å². The third-order valence-electron chi connectivity index (χ3n) is 4.58. The molecular weight excluding hydrogens is 318 g/mol. The maximum Gasteiger partial charge on any atom is 0.138 e. The van der Waals surface area contributed by atoms with Crippen LogP contribution in [0.4, 0.5) is 5.69 Å². The van der Waals surface area contributed by atoms with Crippen molar-refractivity contribution in [3.05, 3.63) is 96.3 Å². The molecule has 0 radical (unpaired) electrons. The molecule has 26 heavy (non-hydrogen) atoms. The lowest BCUT2D eigenvalue weighted by atomic mass is 10.00. The predicted molar refractivity (Wildman–Crippen MR) is 112 cm³/mol. The molecule has 2 aromatic carbocycles. The lowest BCUT2D eigenvalue weighted by molar-refractivity contribution is 0.597. The van der Waals surface area contributed by atoms with E-state index in [-0.39, 0.29) is 0 Å². The van der Waals surface area contributed by atoms with Crippen LogP contribution in [0.5, 0.6) is 0 Å². The molecule has 0 atom stereocenters. The number of fused-ring (bicyclic) bond motifs is 1. The van der Waals surface area contributed by atoms with Crippen LogP contribution in [0.2, 0.25) is 0 Å². The van der Waals surface area contributed by atoms with Crippen LogP contribution >= 0.6 is 0 Å². The number of benzene rings is 2. The van der Waals surface area contributed by atoms with Crippen LogP contribution in [-0.2, 0) is 0 Å². The number of hydrogen-bond donors (Lipinski definition) is 0. The van der Waals surface area contributed by atoms with Gasteiger partial charge in [0.25, 0.3) is 0 Å². The van der Waals surface area contributed by atoms with Crippen LogP contribution in [0, 0.1) is 6.92 Å². The highest BCUT2D eigenvalue weighted by atomic mass is 16.3. The van der Waals surface area contributed by atoms with Gasteiger partial charge in [-0.15, -0.1) is 0 Å². The summed E-state index contributed by atoms with van der Waals surface area (Å²) in [4.78, 5) is 4.81. The topological polar surface area (TPSA) is 25.5 Å². The average molecular weight is 341 g/mol. The summed E-state index contributed by atoms with van der Waals surface area (Å²) in [6.07, 6.45) is 3.83. The van der Waals surface area contributed by atoms with Crippen molar-refractivity contribution in [2.75, 3.05) is 0 Å². The number of aryl methyl sites for hydroxylation is 1. The molecule has 0 fully saturated rings. The predicted octanol–water partition coefficient (Wildman–Crippen LogP) is 7.03. The largest absolute Gasteiger partial charge is 0.456 e. The Morgan fingerprint density at radius 2 is 1.77 bits per heavy atom. The zero-order valence-corrected chi connectivity index (χ0v) is 15.5. The standard InChI is InChI=1S/C24H23NO/c1-6-19(7-2)18(5)25-22-14-10-8-12-20(22)16(3)24-17(4)21-13-9-11-15-23(21)26-24/h6-15H,1,3H2,2,4-5H3/b19-7+,25-18+. The number of aliphatic imine (C=N–C) groups is 1. The first-order valence-corrected chi connectivity index (χ1v) is 8.68. The van der Waals surface area contributed by atoms with Crippen LogP contribution in [0.1, 0.15) is 30.7 Å². The van der Waals surface area contributed by atoms with Gasteiger partial charge in [0.1, 0.15) is 11.3 Å². The minimum Gasteiger partial charge on any atom is -0.456 e. The fraction of sp³-hybridized carbons (Fsp3) is 0.125. The summed E-state index contributed by atoms with van der Waals surface area (Å²) in [5, 5.41) is 1.11. The molecule has 2 heteroatoms.